The fraction of sp³-hybridized carbons (Fsp3) is 0.333. The summed E-state index contributed by atoms with van der Waals surface area (Å²) in [6, 6.07) is 4.22. The zero-order valence-electron chi connectivity index (χ0n) is 10.3. The third kappa shape index (κ3) is 4.90. The normalized spacial score (nSPS) is 11.3. The molecule has 0 aliphatic carbocycles. The van der Waals surface area contributed by atoms with Crippen LogP contribution in [0.15, 0.2) is 34.5 Å². The van der Waals surface area contributed by atoms with Crippen LogP contribution < -0.4 is 4.74 Å². The number of alkyl halides is 2. The predicted octanol–water partition coefficient (Wildman–Crippen LogP) is 2.92. The molecule has 5 nitrogen and oxygen atoms in total. The van der Waals surface area contributed by atoms with Crippen LogP contribution in [0.5, 0.6) is 5.75 Å². The maximum absolute atomic E-state index is 11.9. The molecule has 102 valence electrons. The molecule has 0 spiro atoms. The Morgan fingerprint density at radius 1 is 1.11 bits per heavy atom. The van der Waals surface area contributed by atoms with Crippen molar-refractivity contribution in [2.24, 2.45) is 10.2 Å². The molecule has 0 heterocycles. The lowest BCUT2D eigenvalue weighted by molar-refractivity contribution is -0.126. The van der Waals surface area contributed by atoms with Gasteiger partial charge in [-0.2, -0.15) is 19.0 Å². The van der Waals surface area contributed by atoms with Gasteiger partial charge in [0.15, 0.2) is 17.6 Å². The molecule has 1 rings (SSSR count). The number of hydrogen-bond donors (Lipinski definition) is 0. The molecular formula is C12H12F2N2O3. The van der Waals surface area contributed by atoms with Gasteiger partial charge in [0.2, 0.25) is 0 Å². The Balaban J connectivity index is 2.76. The molecule has 0 aliphatic rings. The van der Waals surface area contributed by atoms with E-state index in [1.807, 2.05) is 0 Å². The lowest BCUT2D eigenvalue weighted by Gasteiger charge is -2.04. The highest BCUT2D eigenvalue weighted by molar-refractivity contribution is 6.04. The van der Waals surface area contributed by atoms with E-state index in [2.05, 4.69) is 15.0 Å². The van der Waals surface area contributed by atoms with Gasteiger partial charge in [-0.05, 0) is 38.1 Å². The highest BCUT2D eigenvalue weighted by atomic mass is 19.3. The quantitative estimate of drug-likeness (QED) is 0.589. The number of carbonyl (C=O) groups excluding carboxylic acids is 2. The number of hydrogen-bond acceptors (Lipinski definition) is 5. The Labute approximate surface area is 108 Å². The van der Waals surface area contributed by atoms with Crippen molar-refractivity contribution in [1.29, 1.82) is 0 Å². The van der Waals surface area contributed by atoms with Crippen LogP contribution in [0.4, 0.5) is 14.5 Å². The molecule has 1 aromatic rings. The molecule has 0 radical (unpaired) electrons. The molecular weight excluding hydrogens is 258 g/mol. The second kappa shape index (κ2) is 6.67. The third-order valence-corrected chi connectivity index (χ3v) is 2.12. The number of ether oxygens (including phenoxy) is 1. The maximum atomic E-state index is 11.9. The summed E-state index contributed by atoms with van der Waals surface area (Å²) in [6.45, 7) is -0.415. The number of Topliss-reactive ketones (excluding diaryl/α,β-unsaturated/α-hetero) is 2. The van der Waals surface area contributed by atoms with E-state index in [1.54, 1.807) is 0 Å². The second-order valence-electron chi connectivity index (χ2n) is 3.71. The second-order valence-corrected chi connectivity index (χ2v) is 3.71. The van der Waals surface area contributed by atoms with Crippen LogP contribution in [-0.4, -0.2) is 24.2 Å². The predicted molar refractivity (Wildman–Crippen MR) is 62.7 cm³/mol. The van der Waals surface area contributed by atoms with Gasteiger partial charge in [0.1, 0.15) is 5.75 Å². The van der Waals surface area contributed by atoms with Crippen LogP contribution in [0.25, 0.3) is 0 Å². The van der Waals surface area contributed by atoms with Gasteiger partial charge in [0.05, 0.1) is 5.69 Å². The summed E-state index contributed by atoms with van der Waals surface area (Å²) in [5.74, 6) is -0.827. The highest BCUT2D eigenvalue weighted by Crippen LogP contribution is 2.20. The van der Waals surface area contributed by atoms with Crippen LogP contribution in [-0.2, 0) is 9.59 Å². The van der Waals surface area contributed by atoms with E-state index >= 15 is 0 Å². The Morgan fingerprint density at radius 3 is 2.05 bits per heavy atom. The minimum atomic E-state index is -2.90. The molecule has 19 heavy (non-hydrogen) atoms. The third-order valence-electron chi connectivity index (χ3n) is 2.12. The summed E-state index contributed by atoms with van der Waals surface area (Å²) in [7, 11) is 0. The number of ketones is 2. The van der Waals surface area contributed by atoms with E-state index in [1.165, 1.54) is 38.1 Å². The Kier molecular flexibility index (Phi) is 5.23. The van der Waals surface area contributed by atoms with Crippen molar-refractivity contribution < 1.29 is 23.1 Å². The fourth-order valence-corrected chi connectivity index (χ4v) is 1.27. The van der Waals surface area contributed by atoms with Gasteiger partial charge in [-0.1, -0.05) is 0 Å². The van der Waals surface area contributed by atoms with Crippen molar-refractivity contribution in [2.45, 2.75) is 26.5 Å². The van der Waals surface area contributed by atoms with Crippen molar-refractivity contribution >= 4 is 17.3 Å². The number of rotatable bonds is 6. The first kappa shape index (κ1) is 14.9. The van der Waals surface area contributed by atoms with Gasteiger partial charge in [0.25, 0.3) is 0 Å². The number of azo groups is 1. The Morgan fingerprint density at radius 2 is 1.63 bits per heavy atom. The van der Waals surface area contributed by atoms with Gasteiger partial charge in [-0.3, -0.25) is 9.59 Å². The molecule has 0 saturated heterocycles. The van der Waals surface area contributed by atoms with Crippen LogP contribution in [0.3, 0.4) is 0 Å². The first-order chi connectivity index (χ1) is 8.90. The van der Waals surface area contributed by atoms with E-state index in [0.29, 0.717) is 5.69 Å². The number of nitrogens with zero attached hydrogens (tertiary/aromatic N) is 2. The minimum absolute atomic E-state index is 0.0105. The van der Waals surface area contributed by atoms with Crippen molar-refractivity contribution in [3.05, 3.63) is 24.3 Å². The van der Waals surface area contributed by atoms with E-state index in [-0.39, 0.29) is 5.75 Å². The molecule has 0 aromatic heterocycles. The molecule has 0 N–H and O–H groups in total. The largest absolute Gasteiger partial charge is 0.435 e. The Hall–Kier alpha value is -2.18. The van der Waals surface area contributed by atoms with Crippen molar-refractivity contribution in [2.75, 3.05) is 0 Å². The first-order valence-electron chi connectivity index (χ1n) is 5.37. The van der Waals surface area contributed by atoms with Crippen LogP contribution >= 0.6 is 0 Å². The molecule has 0 bridgehead atoms. The van der Waals surface area contributed by atoms with Crippen molar-refractivity contribution in [3.8, 4) is 5.75 Å². The van der Waals surface area contributed by atoms with Gasteiger partial charge in [0, 0.05) is 0 Å². The van der Waals surface area contributed by atoms with Gasteiger partial charge >= 0.3 is 6.61 Å². The summed E-state index contributed by atoms with van der Waals surface area (Å²) in [6.07, 6.45) is 0. The van der Waals surface area contributed by atoms with Crippen LogP contribution in [0, 0.1) is 0 Å². The standard InChI is InChI=1S/C12H12F2N2O3/c1-7(17)11(8(2)18)16-15-9-3-5-10(6-4-9)19-12(13)14/h3-6,11-12H,1-2H3/b16-15+. The first-order valence-corrected chi connectivity index (χ1v) is 5.37. The molecule has 1 aromatic carbocycles. The number of carbonyl (C=O) groups is 2. The average molecular weight is 270 g/mol. The lowest BCUT2D eigenvalue weighted by atomic mass is 10.1. The monoisotopic (exact) mass is 270 g/mol. The molecule has 0 fully saturated rings. The summed E-state index contributed by atoms with van der Waals surface area (Å²) in [5, 5.41) is 7.33. The number of halogens is 2. The molecule has 0 aliphatic heterocycles. The minimum Gasteiger partial charge on any atom is -0.435 e. The lowest BCUT2D eigenvalue weighted by Crippen LogP contribution is -2.23. The summed E-state index contributed by atoms with van der Waals surface area (Å²) >= 11 is 0. The molecule has 0 unspecified atom stereocenters. The van der Waals surface area contributed by atoms with E-state index < -0.39 is 24.2 Å². The number of benzene rings is 1. The fourth-order valence-electron chi connectivity index (χ4n) is 1.27. The van der Waals surface area contributed by atoms with Gasteiger partial charge in [-0.15, -0.1) is 0 Å². The SMILES string of the molecule is CC(=O)C(/N=N/c1ccc(OC(F)F)cc1)C(C)=O. The molecule has 0 saturated carbocycles. The van der Waals surface area contributed by atoms with Gasteiger partial charge < -0.3 is 4.74 Å². The molecule has 7 heteroatoms. The Bertz CT molecular complexity index is 472. The van der Waals surface area contributed by atoms with Crippen LogP contribution in [0.1, 0.15) is 13.8 Å². The molecule has 0 atom stereocenters. The van der Waals surface area contributed by atoms with E-state index in [9.17, 15) is 18.4 Å². The average Bonchev–Trinajstić information content (AvgIpc) is 2.29. The summed E-state index contributed by atoms with van der Waals surface area (Å²) in [4.78, 5) is 22.2. The van der Waals surface area contributed by atoms with Crippen molar-refractivity contribution in [3.63, 3.8) is 0 Å². The van der Waals surface area contributed by atoms with Crippen LogP contribution in [0.2, 0.25) is 0 Å². The van der Waals surface area contributed by atoms with Gasteiger partial charge in [-0.25, -0.2) is 0 Å². The topological polar surface area (TPSA) is 68.1 Å². The van der Waals surface area contributed by atoms with E-state index in [4.69, 9.17) is 0 Å². The maximum Gasteiger partial charge on any atom is 0.387 e. The zero-order valence-corrected chi connectivity index (χ0v) is 10.3. The van der Waals surface area contributed by atoms with E-state index in [0.717, 1.165) is 0 Å². The zero-order chi connectivity index (χ0) is 14.4. The summed E-state index contributed by atoms with van der Waals surface area (Å²) in [5.41, 5.74) is 0.328. The van der Waals surface area contributed by atoms with Crippen molar-refractivity contribution in [1.82, 2.24) is 0 Å². The smallest absolute Gasteiger partial charge is 0.387 e. The summed E-state index contributed by atoms with van der Waals surface area (Å²) < 4.78 is 28.0. The molecule has 0 amide bonds. The highest BCUT2D eigenvalue weighted by Gasteiger charge is 2.18.